The van der Waals surface area contributed by atoms with Gasteiger partial charge in [0.05, 0.1) is 0 Å². The smallest absolute Gasteiger partial charge is 0.250 e. The van der Waals surface area contributed by atoms with Crippen LogP contribution in [0.5, 0.6) is 0 Å². The number of benzene rings is 1. The molecule has 0 radical (unpaired) electrons. The van der Waals surface area contributed by atoms with E-state index in [2.05, 4.69) is 5.32 Å². The summed E-state index contributed by atoms with van der Waals surface area (Å²) in [6.07, 6.45) is 1.24. The Kier molecular flexibility index (Phi) is 4.01. The predicted molar refractivity (Wildman–Crippen MR) is 70.1 cm³/mol. The van der Waals surface area contributed by atoms with Crippen LogP contribution in [-0.2, 0) is 9.59 Å². The molecule has 2 unspecified atom stereocenters. The van der Waals surface area contributed by atoms with Crippen LogP contribution in [-0.4, -0.2) is 23.9 Å². The number of hydrogen-bond acceptors (Lipinski definition) is 2. The van der Waals surface area contributed by atoms with E-state index in [1.165, 1.54) is 11.0 Å². The van der Waals surface area contributed by atoms with Gasteiger partial charge in [-0.05, 0) is 25.5 Å². The molecule has 4 nitrogen and oxygen atoms in total. The Labute approximate surface area is 115 Å². The molecular formula is C14H16F2N2O2. The van der Waals surface area contributed by atoms with Crippen molar-refractivity contribution >= 4 is 17.5 Å². The first-order valence-electron chi connectivity index (χ1n) is 6.54. The summed E-state index contributed by atoms with van der Waals surface area (Å²) < 4.78 is 26.3. The minimum absolute atomic E-state index is 0.192. The number of rotatable bonds is 3. The summed E-state index contributed by atoms with van der Waals surface area (Å²) in [5.41, 5.74) is 0.192. The van der Waals surface area contributed by atoms with Crippen molar-refractivity contribution in [2.45, 2.75) is 38.8 Å². The zero-order valence-electron chi connectivity index (χ0n) is 11.3. The Morgan fingerprint density at radius 3 is 2.55 bits per heavy atom. The van der Waals surface area contributed by atoms with Gasteiger partial charge in [-0.3, -0.25) is 14.5 Å². The number of carbonyl (C=O) groups excluding carboxylic acids is 2. The van der Waals surface area contributed by atoms with Crippen molar-refractivity contribution in [3.05, 3.63) is 29.8 Å². The molecule has 1 heterocycles. The molecule has 1 aromatic rings. The first-order chi connectivity index (χ1) is 9.45. The second kappa shape index (κ2) is 5.56. The topological polar surface area (TPSA) is 49.4 Å². The quantitative estimate of drug-likeness (QED) is 0.921. The molecule has 2 rings (SSSR count). The maximum Gasteiger partial charge on any atom is 0.250 e. The molecule has 20 heavy (non-hydrogen) atoms. The van der Waals surface area contributed by atoms with Crippen LogP contribution in [0.25, 0.3) is 0 Å². The number of carbonyl (C=O) groups is 2. The number of nitrogens with zero attached hydrogens (tertiary/aromatic N) is 1. The van der Waals surface area contributed by atoms with Crippen LogP contribution in [0.1, 0.15) is 26.7 Å². The van der Waals surface area contributed by atoms with Crippen molar-refractivity contribution in [1.29, 1.82) is 0 Å². The third kappa shape index (κ3) is 2.50. The molecule has 1 aliphatic heterocycles. The van der Waals surface area contributed by atoms with Crippen molar-refractivity contribution in [1.82, 2.24) is 5.32 Å². The van der Waals surface area contributed by atoms with Crippen LogP contribution in [0.2, 0.25) is 0 Å². The van der Waals surface area contributed by atoms with Gasteiger partial charge in [0.2, 0.25) is 11.8 Å². The fourth-order valence-corrected chi connectivity index (χ4v) is 2.30. The first-order valence-corrected chi connectivity index (χ1v) is 6.54. The summed E-state index contributed by atoms with van der Waals surface area (Å²) in [6, 6.07) is 1.82. The highest BCUT2D eigenvalue weighted by Gasteiger charge is 2.38. The summed E-state index contributed by atoms with van der Waals surface area (Å²) in [5, 5.41) is 2.64. The lowest BCUT2D eigenvalue weighted by atomic mass is 10.0. The van der Waals surface area contributed by atoms with Gasteiger partial charge in [0.1, 0.15) is 12.1 Å². The molecule has 0 aromatic heterocycles. The second-order valence-electron chi connectivity index (χ2n) is 4.83. The summed E-state index contributed by atoms with van der Waals surface area (Å²) in [7, 11) is 0. The van der Waals surface area contributed by atoms with E-state index >= 15 is 0 Å². The van der Waals surface area contributed by atoms with Gasteiger partial charge in [-0.25, -0.2) is 8.78 Å². The van der Waals surface area contributed by atoms with Gasteiger partial charge in [-0.15, -0.1) is 0 Å². The van der Waals surface area contributed by atoms with E-state index in [1.54, 1.807) is 6.92 Å². The van der Waals surface area contributed by atoms with E-state index in [4.69, 9.17) is 0 Å². The average molecular weight is 282 g/mol. The summed E-state index contributed by atoms with van der Waals surface area (Å²) in [5.74, 6) is -2.63. The van der Waals surface area contributed by atoms with Crippen LogP contribution in [0, 0.1) is 11.6 Å². The highest BCUT2D eigenvalue weighted by molar-refractivity contribution is 6.08. The highest BCUT2D eigenvalue weighted by atomic mass is 19.2. The molecule has 0 saturated carbocycles. The van der Waals surface area contributed by atoms with E-state index < -0.39 is 23.7 Å². The lowest BCUT2D eigenvalue weighted by molar-refractivity contribution is -0.133. The fraction of sp³-hybridized carbons (Fsp3) is 0.429. The van der Waals surface area contributed by atoms with E-state index in [-0.39, 0.29) is 17.5 Å². The molecule has 0 spiro atoms. The molecule has 2 atom stereocenters. The van der Waals surface area contributed by atoms with Crippen LogP contribution in [0.15, 0.2) is 18.2 Å². The maximum atomic E-state index is 13.3. The van der Waals surface area contributed by atoms with Gasteiger partial charge in [0, 0.05) is 11.8 Å². The molecule has 6 heteroatoms. The van der Waals surface area contributed by atoms with Crippen LogP contribution < -0.4 is 10.2 Å². The molecule has 1 aromatic carbocycles. The molecule has 1 aliphatic rings. The van der Waals surface area contributed by atoms with Gasteiger partial charge in [-0.2, -0.15) is 0 Å². The van der Waals surface area contributed by atoms with Crippen LogP contribution in [0.3, 0.4) is 0 Å². The number of halogens is 2. The van der Waals surface area contributed by atoms with Crippen molar-refractivity contribution < 1.29 is 18.4 Å². The standard InChI is InChI=1S/C14H16F2N2O2/c1-3-4-12-14(20)18(8(2)13(19)17-12)9-5-6-10(15)11(16)7-9/h5-8,12H,3-4H2,1-2H3,(H,17,19). The van der Waals surface area contributed by atoms with Gasteiger partial charge in [0.15, 0.2) is 11.6 Å². The Morgan fingerprint density at radius 1 is 1.25 bits per heavy atom. The van der Waals surface area contributed by atoms with Crippen molar-refractivity contribution in [2.75, 3.05) is 4.90 Å². The van der Waals surface area contributed by atoms with Crippen molar-refractivity contribution in [3.8, 4) is 0 Å². The summed E-state index contributed by atoms with van der Waals surface area (Å²) >= 11 is 0. The highest BCUT2D eigenvalue weighted by Crippen LogP contribution is 2.24. The Hall–Kier alpha value is -1.98. The maximum absolute atomic E-state index is 13.3. The minimum atomic E-state index is -1.04. The lowest BCUT2D eigenvalue weighted by Gasteiger charge is -2.37. The van der Waals surface area contributed by atoms with E-state index in [1.807, 2.05) is 6.92 Å². The predicted octanol–water partition coefficient (Wildman–Crippen LogP) is 1.98. The third-order valence-corrected chi connectivity index (χ3v) is 3.38. The van der Waals surface area contributed by atoms with Crippen LogP contribution >= 0.6 is 0 Å². The van der Waals surface area contributed by atoms with Gasteiger partial charge >= 0.3 is 0 Å². The molecule has 108 valence electrons. The van der Waals surface area contributed by atoms with E-state index in [0.29, 0.717) is 6.42 Å². The van der Waals surface area contributed by atoms with E-state index in [9.17, 15) is 18.4 Å². The second-order valence-corrected chi connectivity index (χ2v) is 4.83. The van der Waals surface area contributed by atoms with E-state index in [0.717, 1.165) is 18.6 Å². The SMILES string of the molecule is CCCC1NC(=O)C(C)N(c2ccc(F)c(F)c2)C1=O. The molecule has 1 saturated heterocycles. The molecule has 2 amide bonds. The molecule has 0 bridgehead atoms. The summed E-state index contributed by atoms with van der Waals surface area (Å²) in [6.45, 7) is 3.45. The molecular weight excluding hydrogens is 266 g/mol. The summed E-state index contributed by atoms with van der Waals surface area (Å²) in [4.78, 5) is 25.5. The number of anilines is 1. The number of piperazine rings is 1. The number of hydrogen-bond donors (Lipinski definition) is 1. The Bertz CT molecular complexity index is 548. The Morgan fingerprint density at radius 2 is 1.95 bits per heavy atom. The van der Waals surface area contributed by atoms with Gasteiger partial charge in [0.25, 0.3) is 0 Å². The van der Waals surface area contributed by atoms with Crippen LogP contribution in [0.4, 0.5) is 14.5 Å². The first kappa shape index (κ1) is 14.4. The average Bonchev–Trinajstić information content (AvgIpc) is 2.40. The minimum Gasteiger partial charge on any atom is -0.342 e. The lowest BCUT2D eigenvalue weighted by Crippen LogP contribution is -2.62. The van der Waals surface area contributed by atoms with Gasteiger partial charge in [-0.1, -0.05) is 13.3 Å². The zero-order valence-corrected chi connectivity index (χ0v) is 11.3. The van der Waals surface area contributed by atoms with Crippen molar-refractivity contribution in [3.63, 3.8) is 0 Å². The molecule has 1 fully saturated rings. The Balaban J connectivity index is 2.37. The van der Waals surface area contributed by atoms with Crippen molar-refractivity contribution in [2.24, 2.45) is 0 Å². The largest absolute Gasteiger partial charge is 0.342 e. The van der Waals surface area contributed by atoms with Gasteiger partial charge < -0.3 is 5.32 Å². The molecule has 1 N–H and O–H groups in total. The molecule has 0 aliphatic carbocycles. The fourth-order valence-electron chi connectivity index (χ4n) is 2.30. The zero-order chi connectivity index (χ0) is 14.9. The third-order valence-electron chi connectivity index (χ3n) is 3.38. The number of nitrogens with one attached hydrogen (secondary N) is 1. The number of amides is 2. The normalized spacial score (nSPS) is 22.9. The monoisotopic (exact) mass is 282 g/mol.